The zero-order chi connectivity index (χ0) is 23.5. The second-order valence-electron chi connectivity index (χ2n) is 8.99. The largest absolute Gasteiger partial charge is 0.377 e. The van der Waals surface area contributed by atoms with Crippen molar-refractivity contribution in [1.82, 2.24) is 19.4 Å². The molecule has 3 fully saturated rings. The van der Waals surface area contributed by atoms with Crippen molar-refractivity contribution in [3.63, 3.8) is 0 Å². The topological polar surface area (TPSA) is 82.1 Å². The van der Waals surface area contributed by atoms with Gasteiger partial charge in [-0.1, -0.05) is 23.7 Å². The van der Waals surface area contributed by atoms with Gasteiger partial charge in [0.05, 0.1) is 11.1 Å². The van der Waals surface area contributed by atoms with Gasteiger partial charge in [0.1, 0.15) is 4.90 Å². The van der Waals surface area contributed by atoms with E-state index in [0.717, 1.165) is 51.0 Å². The number of hydrogen-bond acceptors (Lipinski definition) is 8. The predicted octanol–water partition coefficient (Wildman–Crippen LogP) is 1.94. The lowest BCUT2D eigenvalue weighted by atomic mass is 10.2. The van der Waals surface area contributed by atoms with Gasteiger partial charge in [0, 0.05) is 65.5 Å². The van der Waals surface area contributed by atoms with E-state index in [1.54, 1.807) is 24.3 Å². The van der Waals surface area contributed by atoms with Gasteiger partial charge < -0.3 is 14.5 Å². The summed E-state index contributed by atoms with van der Waals surface area (Å²) in [6, 6.07) is 10.6. The smallest absolute Gasteiger partial charge is 0.244 e. The molecule has 0 N–H and O–H groups in total. The van der Waals surface area contributed by atoms with Crippen LogP contribution in [0.5, 0.6) is 0 Å². The van der Waals surface area contributed by atoms with E-state index in [2.05, 4.69) is 24.9 Å². The molecule has 5 rings (SSSR count). The van der Waals surface area contributed by atoms with Crippen molar-refractivity contribution >= 4 is 33.3 Å². The van der Waals surface area contributed by atoms with Crippen LogP contribution in [0, 0.1) is 0 Å². The number of ether oxygens (including phenoxy) is 1. The number of anilines is 2. The highest BCUT2D eigenvalue weighted by Gasteiger charge is 2.30. The number of hydrogen-bond donors (Lipinski definition) is 0. The van der Waals surface area contributed by atoms with Gasteiger partial charge in [0.2, 0.25) is 10.0 Å². The molecule has 3 aliphatic rings. The van der Waals surface area contributed by atoms with E-state index < -0.39 is 10.0 Å². The van der Waals surface area contributed by atoms with Gasteiger partial charge in [0.25, 0.3) is 0 Å². The quantitative estimate of drug-likeness (QED) is 0.588. The summed E-state index contributed by atoms with van der Waals surface area (Å²) in [7, 11) is -3.61. The van der Waals surface area contributed by atoms with Crippen molar-refractivity contribution in [1.29, 1.82) is 0 Å². The Balaban J connectivity index is 1.14. The Morgan fingerprint density at radius 1 is 0.882 bits per heavy atom. The van der Waals surface area contributed by atoms with E-state index in [4.69, 9.17) is 16.3 Å². The SMILES string of the molecule is O=S(=O)(c1ccccc1Cl)N1CCN(c2ccc(N3CCN(CC4CCCO4)CC3)nn2)CC1. The third-order valence-corrected chi connectivity index (χ3v) is 9.23. The molecule has 0 amide bonds. The van der Waals surface area contributed by atoms with Gasteiger partial charge in [-0.05, 0) is 37.1 Å². The summed E-state index contributed by atoms with van der Waals surface area (Å²) in [4.78, 5) is 6.99. The molecule has 34 heavy (non-hydrogen) atoms. The number of nitrogens with zero attached hydrogens (tertiary/aromatic N) is 6. The lowest BCUT2D eigenvalue weighted by Crippen LogP contribution is -2.49. The third-order valence-electron chi connectivity index (χ3n) is 6.84. The van der Waals surface area contributed by atoms with Crippen molar-refractivity contribution in [3.05, 3.63) is 41.4 Å². The third kappa shape index (κ3) is 5.16. The molecule has 1 atom stereocenters. The Morgan fingerprint density at radius 2 is 1.50 bits per heavy atom. The summed E-state index contributed by atoms with van der Waals surface area (Å²) in [6.45, 7) is 7.66. The van der Waals surface area contributed by atoms with E-state index in [-0.39, 0.29) is 9.92 Å². The monoisotopic (exact) mass is 506 g/mol. The summed E-state index contributed by atoms with van der Waals surface area (Å²) in [5.74, 6) is 1.66. The van der Waals surface area contributed by atoms with Crippen LogP contribution < -0.4 is 9.80 Å². The van der Waals surface area contributed by atoms with Gasteiger partial charge in [-0.25, -0.2) is 8.42 Å². The summed E-state index contributed by atoms with van der Waals surface area (Å²) in [6.07, 6.45) is 2.75. The summed E-state index contributed by atoms with van der Waals surface area (Å²) < 4.78 is 33.2. The van der Waals surface area contributed by atoms with Crippen molar-refractivity contribution < 1.29 is 13.2 Å². The minimum Gasteiger partial charge on any atom is -0.377 e. The second-order valence-corrected chi connectivity index (χ2v) is 11.3. The Bertz CT molecular complexity index is 1060. The number of aromatic nitrogens is 2. The molecule has 0 spiro atoms. The fraction of sp³-hybridized carbons (Fsp3) is 0.565. The summed E-state index contributed by atoms with van der Waals surface area (Å²) in [5.41, 5.74) is 0. The molecule has 0 bridgehead atoms. The predicted molar refractivity (Wildman–Crippen MR) is 132 cm³/mol. The maximum absolute atomic E-state index is 13.0. The van der Waals surface area contributed by atoms with Crippen LogP contribution in [0.25, 0.3) is 0 Å². The van der Waals surface area contributed by atoms with Crippen LogP contribution in [-0.4, -0.2) is 99.4 Å². The van der Waals surface area contributed by atoms with Gasteiger partial charge >= 0.3 is 0 Å². The Kier molecular flexibility index (Phi) is 7.22. The molecule has 3 aliphatic heterocycles. The fourth-order valence-corrected chi connectivity index (χ4v) is 6.76. The normalized spacial score (nSPS) is 22.9. The minimum atomic E-state index is -3.61. The van der Waals surface area contributed by atoms with Crippen LogP contribution >= 0.6 is 11.6 Å². The van der Waals surface area contributed by atoms with Crippen LogP contribution in [0.4, 0.5) is 11.6 Å². The van der Waals surface area contributed by atoms with E-state index in [9.17, 15) is 8.42 Å². The number of piperazine rings is 2. The van der Waals surface area contributed by atoms with Crippen molar-refractivity contribution in [3.8, 4) is 0 Å². The molecule has 2 aromatic rings. The van der Waals surface area contributed by atoms with E-state index in [1.165, 1.54) is 17.1 Å². The van der Waals surface area contributed by atoms with E-state index in [0.29, 0.717) is 32.3 Å². The molecule has 184 valence electrons. The average Bonchev–Trinajstić information content (AvgIpc) is 3.38. The molecule has 0 saturated carbocycles. The molecule has 9 nitrogen and oxygen atoms in total. The number of sulfonamides is 1. The lowest BCUT2D eigenvalue weighted by molar-refractivity contribution is 0.0712. The standard InChI is InChI=1S/C23H31ClN6O3S/c24-20-5-1-2-6-21(20)34(31,32)30-15-13-29(14-16-30)23-8-7-22(25-26-23)28-11-9-27(10-12-28)18-19-4-3-17-33-19/h1-2,5-8,19H,3-4,9-18H2. The highest BCUT2D eigenvalue weighted by atomic mass is 35.5. The second kappa shape index (κ2) is 10.3. The van der Waals surface area contributed by atoms with Crippen molar-refractivity contribution in [2.75, 3.05) is 75.3 Å². The zero-order valence-electron chi connectivity index (χ0n) is 19.2. The fourth-order valence-electron chi connectivity index (χ4n) is 4.84. The minimum absolute atomic E-state index is 0.158. The van der Waals surface area contributed by atoms with Crippen molar-refractivity contribution in [2.24, 2.45) is 0 Å². The van der Waals surface area contributed by atoms with Crippen LogP contribution in [-0.2, 0) is 14.8 Å². The van der Waals surface area contributed by atoms with Gasteiger partial charge in [-0.3, -0.25) is 4.90 Å². The van der Waals surface area contributed by atoms with Gasteiger partial charge in [-0.15, -0.1) is 10.2 Å². The highest BCUT2D eigenvalue weighted by Crippen LogP contribution is 2.26. The first kappa shape index (κ1) is 23.7. The van der Waals surface area contributed by atoms with Crippen molar-refractivity contribution in [2.45, 2.75) is 23.8 Å². The Labute approximate surface area is 206 Å². The van der Waals surface area contributed by atoms with Crippen LogP contribution in [0.15, 0.2) is 41.3 Å². The Hall–Kier alpha value is -1.98. The number of halogens is 1. The molecular weight excluding hydrogens is 476 g/mol. The first-order valence-corrected chi connectivity index (χ1v) is 13.7. The molecule has 1 aromatic carbocycles. The number of rotatable bonds is 6. The van der Waals surface area contributed by atoms with Crippen LogP contribution in [0.1, 0.15) is 12.8 Å². The van der Waals surface area contributed by atoms with Gasteiger partial charge in [-0.2, -0.15) is 4.31 Å². The molecule has 0 aliphatic carbocycles. The highest BCUT2D eigenvalue weighted by molar-refractivity contribution is 7.89. The van der Waals surface area contributed by atoms with E-state index >= 15 is 0 Å². The molecule has 4 heterocycles. The lowest BCUT2D eigenvalue weighted by Gasteiger charge is -2.36. The average molecular weight is 507 g/mol. The molecule has 1 aromatic heterocycles. The van der Waals surface area contributed by atoms with Crippen LogP contribution in [0.2, 0.25) is 5.02 Å². The van der Waals surface area contributed by atoms with Crippen LogP contribution in [0.3, 0.4) is 0 Å². The molecule has 3 saturated heterocycles. The molecule has 1 unspecified atom stereocenters. The Morgan fingerprint density at radius 3 is 2.06 bits per heavy atom. The van der Waals surface area contributed by atoms with E-state index in [1.807, 2.05) is 12.1 Å². The maximum atomic E-state index is 13.0. The molecule has 0 radical (unpaired) electrons. The first-order chi connectivity index (χ1) is 16.5. The molecular formula is C23H31ClN6O3S. The maximum Gasteiger partial charge on any atom is 0.244 e. The zero-order valence-corrected chi connectivity index (χ0v) is 20.8. The first-order valence-electron chi connectivity index (χ1n) is 11.9. The van der Waals surface area contributed by atoms with Gasteiger partial charge in [0.15, 0.2) is 11.6 Å². The summed E-state index contributed by atoms with van der Waals surface area (Å²) in [5, 5.41) is 9.17. The number of benzene rings is 1. The molecule has 11 heteroatoms. The summed E-state index contributed by atoms with van der Waals surface area (Å²) >= 11 is 6.13.